The number of quaternary nitrogens is 1. The second-order valence-electron chi connectivity index (χ2n) is 6.89. The molecule has 6 nitrogen and oxygen atoms in total. The first-order valence-corrected chi connectivity index (χ1v) is 10.0. The highest BCUT2D eigenvalue weighted by Gasteiger charge is 2.18. The Morgan fingerprint density at radius 1 is 1.30 bits per heavy atom. The summed E-state index contributed by atoms with van der Waals surface area (Å²) in [6, 6.07) is 9.97. The molecule has 1 atom stereocenters. The molecule has 2 aromatic heterocycles. The maximum Gasteiger partial charge on any atom is 0.275 e. The predicted octanol–water partition coefficient (Wildman–Crippen LogP) is 1.58. The molecular weight excluding hydrogens is 360 g/mol. The first kappa shape index (κ1) is 19.3. The van der Waals surface area contributed by atoms with Crippen LogP contribution in [0.2, 0.25) is 0 Å². The van der Waals surface area contributed by atoms with Crippen LogP contribution >= 0.6 is 11.3 Å². The summed E-state index contributed by atoms with van der Waals surface area (Å²) in [7, 11) is 0. The monoisotopic (exact) mass is 385 g/mol. The van der Waals surface area contributed by atoms with E-state index in [2.05, 4.69) is 15.3 Å². The van der Waals surface area contributed by atoms with Crippen LogP contribution in [0.4, 0.5) is 0 Å². The van der Waals surface area contributed by atoms with Crippen molar-refractivity contribution < 1.29 is 9.69 Å². The number of likely N-dealkylation sites (N-methyl/N-ethyl adjacent to an activating group) is 1. The van der Waals surface area contributed by atoms with Crippen LogP contribution in [-0.4, -0.2) is 35.0 Å². The van der Waals surface area contributed by atoms with Gasteiger partial charge in [0, 0.05) is 17.0 Å². The Kier molecular flexibility index (Phi) is 6.03. The molecule has 3 rings (SSSR count). The molecule has 2 heterocycles. The van der Waals surface area contributed by atoms with E-state index in [0.717, 1.165) is 27.4 Å². The Bertz CT molecular complexity index is 979. The van der Waals surface area contributed by atoms with Gasteiger partial charge in [0.15, 0.2) is 12.4 Å². The van der Waals surface area contributed by atoms with Gasteiger partial charge in [0.1, 0.15) is 11.4 Å². The number of hydrogen-bond acceptors (Lipinski definition) is 4. The minimum atomic E-state index is -0.128. The fourth-order valence-electron chi connectivity index (χ4n) is 3.06. The molecule has 3 aromatic rings. The fraction of sp³-hybridized carbons (Fsp3) is 0.350. The van der Waals surface area contributed by atoms with Gasteiger partial charge in [-0.1, -0.05) is 30.3 Å². The number of rotatable bonds is 7. The lowest BCUT2D eigenvalue weighted by atomic mass is 10.1. The molecule has 0 aliphatic rings. The molecule has 0 radical (unpaired) electrons. The standard InChI is InChI=1S/C20H24N4O2S/c1-4-24(11-17(25)21-13(2)3)10-16-22-19(26)18-15(12-27-20(18)23-16)14-8-6-5-7-9-14/h5-9,12-13H,4,10-11H2,1-3H3,(H,21,25)(H,22,23,26)/p+1. The summed E-state index contributed by atoms with van der Waals surface area (Å²) in [5, 5.41) is 5.51. The van der Waals surface area contributed by atoms with Crippen LogP contribution in [-0.2, 0) is 11.3 Å². The molecule has 142 valence electrons. The molecule has 0 aliphatic heterocycles. The van der Waals surface area contributed by atoms with E-state index >= 15 is 0 Å². The third kappa shape index (κ3) is 4.61. The molecule has 7 heteroatoms. The number of amides is 1. The summed E-state index contributed by atoms with van der Waals surface area (Å²) >= 11 is 1.47. The fourth-order valence-corrected chi connectivity index (χ4v) is 4.02. The van der Waals surface area contributed by atoms with Gasteiger partial charge in [-0.05, 0) is 26.3 Å². The van der Waals surface area contributed by atoms with Gasteiger partial charge in [-0.25, -0.2) is 4.98 Å². The summed E-state index contributed by atoms with van der Waals surface area (Å²) in [5.41, 5.74) is 1.79. The van der Waals surface area contributed by atoms with Gasteiger partial charge >= 0.3 is 0 Å². The first-order valence-electron chi connectivity index (χ1n) is 9.16. The normalized spacial score (nSPS) is 12.4. The zero-order valence-electron chi connectivity index (χ0n) is 15.8. The molecule has 27 heavy (non-hydrogen) atoms. The summed E-state index contributed by atoms with van der Waals surface area (Å²) in [6.45, 7) is 7.54. The number of thiophene rings is 1. The maximum atomic E-state index is 12.7. The number of aromatic nitrogens is 2. The minimum Gasteiger partial charge on any atom is -0.349 e. The van der Waals surface area contributed by atoms with Gasteiger partial charge < -0.3 is 15.2 Å². The zero-order chi connectivity index (χ0) is 19.4. The second-order valence-corrected chi connectivity index (χ2v) is 7.75. The maximum absolute atomic E-state index is 12.7. The van der Waals surface area contributed by atoms with Crippen LogP contribution < -0.4 is 15.8 Å². The number of carbonyl (C=O) groups excluding carboxylic acids is 1. The van der Waals surface area contributed by atoms with Crippen LogP contribution in [0.25, 0.3) is 21.3 Å². The molecule has 0 saturated carbocycles. The van der Waals surface area contributed by atoms with Crippen molar-refractivity contribution in [3.8, 4) is 11.1 Å². The number of nitrogens with zero attached hydrogens (tertiary/aromatic N) is 1. The van der Waals surface area contributed by atoms with Gasteiger partial charge in [-0.2, -0.15) is 0 Å². The largest absolute Gasteiger partial charge is 0.349 e. The minimum absolute atomic E-state index is 0.00719. The number of fused-ring (bicyclic) bond motifs is 1. The topological polar surface area (TPSA) is 79.3 Å². The SMILES string of the molecule is CC[NH+](CC(=O)NC(C)C)Cc1nc2scc(-c3ccccc3)c2c(=O)[nH]1. The molecule has 0 spiro atoms. The van der Waals surface area contributed by atoms with Gasteiger partial charge in [-0.15, -0.1) is 11.3 Å². The average molecular weight is 386 g/mol. The summed E-state index contributed by atoms with van der Waals surface area (Å²) < 4.78 is 0. The van der Waals surface area contributed by atoms with Crippen molar-refractivity contribution in [3.05, 3.63) is 51.9 Å². The van der Waals surface area contributed by atoms with Crippen LogP contribution in [0.3, 0.4) is 0 Å². The average Bonchev–Trinajstić information content (AvgIpc) is 3.05. The van der Waals surface area contributed by atoms with E-state index in [1.807, 2.05) is 56.5 Å². The number of aromatic amines is 1. The van der Waals surface area contributed by atoms with E-state index in [1.54, 1.807) is 0 Å². The lowest BCUT2D eigenvalue weighted by Gasteiger charge is -2.17. The molecule has 0 fully saturated rings. The van der Waals surface area contributed by atoms with Crippen LogP contribution in [0.5, 0.6) is 0 Å². The van der Waals surface area contributed by atoms with Crippen molar-refractivity contribution in [1.29, 1.82) is 0 Å². The van der Waals surface area contributed by atoms with Crippen molar-refractivity contribution in [2.45, 2.75) is 33.4 Å². The number of nitrogens with one attached hydrogen (secondary N) is 3. The van der Waals surface area contributed by atoms with E-state index in [-0.39, 0.29) is 17.5 Å². The van der Waals surface area contributed by atoms with Crippen LogP contribution in [0.15, 0.2) is 40.5 Å². The highest BCUT2D eigenvalue weighted by molar-refractivity contribution is 7.17. The lowest BCUT2D eigenvalue weighted by molar-refractivity contribution is -0.904. The van der Waals surface area contributed by atoms with E-state index in [9.17, 15) is 9.59 Å². The van der Waals surface area contributed by atoms with Crippen molar-refractivity contribution in [3.63, 3.8) is 0 Å². The quantitative estimate of drug-likeness (QED) is 0.578. The van der Waals surface area contributed by atoms with Crippen LogP contribution in [0, 0.1) is 0 Å². The summed E-state index contributed by atoms with van der Waals surface area (Å²) in [4.78, 5) is 34.1. The van der Waals surface area contributed by atoms with Crippen molar-refractivity contribution in [2.75, 3.05) is 13.1 Å². The predicted molar refractivity (Wildman–Crippen MR) is 109 cm³/mol. The lowest BCUT2D eigenvalue weighted by Crippen LogP contribution is -3.11. The number of H-pyrrole nitrogens is 1. The Labute approximate surface area is 162 Å². The highest BCUT2D eigenvalue weighted by Crippen LogP contribution is 2.30. The molecular formula is C20H25N4O2S+. The highest BCUT2D eigenvalue weighted by atomic mass is 32.1. The Balaban J connectivity index is 1.84. The van der Waals surface area contributed by atoms with E-state index in [0.29, 0.717) is 24.3 Å². The Morgan fingerprint density at radius 3 is 2.70 bits per heavy atom. The third-order valence-electron chi connectivity index (χ3n) is 4.36. The van der Waals surface area contributed by atoms with E-state index < -0.39 is 0 Å². The van der Waals surface area contributed by atoms with Crippen molar-refractivity contribution in [2.24, 2.45) is 0 Å². The van der Waals surface area contributed by atoms with Crippen molar-refractivity contribution in [1.82, 2.24) is 15.3 Å². The van der Waals surface area contributed by atoms with Gasteiger partial charge in [0.2, 0.25) is 0 Å². The summed E-state index contributed by atoms with van der Waals surface area (Å²) in [5.74, 6) is 0.621. The smallest absolute Gasteiger partial charge is 0.275 e. The van der Waals surface area contributed by atoms with Gasteiger partial charge in [-0.3, -0.25) is 9.59 Å². The van der Waals surface area contributed by atoms with E-state index in [1.165, 1.54) is 11.3 Å². The zero-order valence-corrected chi connectivity index (χ0v) is 16.7. The Morgan fingerprint density at radius 2 is 2.04 bits per heavy atom. The van der Waals surface area contributed by atoms with E-state index in [4.69, 9.17) is 0 Å². The van der Waals surface area contributed by atoms with Gasteiger partial charge in [0.25, 0.3) is 11.5 Å². The third-order valence-corrected chi connectivity index (χ3v) is 5.23. The van der Waals surface area contributed by atoms with Crippen molar-refractivity contribution >= 4 is 27.5 Å². The summed E-state index contributed by atoms with van der Waals surface area (Å²) in [6.07, 6.45) is 0. The second kappa shape index (κ2) is 8.45. The number of carbonyl (C=O) groups is 1. The Hall–Kier alpha value is -2.51. The molecule has 1 aromatic carbocycles. The van der Waals surface area contributed by atoms with Gasteiger partial charge in [0.05, 0.1) is 11.9 Å². The number of benzene rings is 1. The van der Waals surface area contributed by atoms with Crippen LogP contribution in [0.1, 0.15) is 26.6 Å². The molecule has 0 aliphatic carbocycles. The molecule has 1 unspecified atom stereocenters. The molecule has 0 saturated heterocycles. The molecule has 1 amide bonds. The molecule has 3 N–H and O–H groups in total. The first-order chi connectivity index (χ1) is 13.0. The molecule has 0 bridgehead atoms. The number of hydrogen-bond donors (Lipinski definition) is 3.